The molecule has 0 spiro atoms. The Morgan fingerprint density at radius 2 is 1.92 bits per heavy atom. The van der Waals surface area contributed by atoms with E-state index >= 15 is 0 Å². The number of carbonyl (C=O) groups is 1. The minimum atomic E-state index is 0.203. The lowest BCUT2D eigenvalue weighted by Gasteiger charge is -2.33. The number of nitrogens with one attached hydrogen (secondary N) is 1. The second kappa shape index (κ2) is 7.92. The second-order valence-corrected chi connectivity index (χ2v) is 7.00. The third kappa shape index (κ3) is 4.23. The Bertz CT molecular complexity index is 564. The molecule has 2 saturated heterocycles. The van der Waals surface area contributed by atoms with Crippen molar-refractivity contribution in [3.63, 3.8) is 0 Å². The molecule has 6 nitrogen and oxygen atoms in total. The molecule has 1 aromatic heterocycles. The molecule has 132 valence electrons. The van der Waals surface area contributed by atoms with Crippen molar-refractivity contribution >= 4 is 11.7 Å². The molecule has 1 amide bonds. The number of hydrogen-bond donors (Lipinski definition) is 1. The maximum atomic E-state index is 12.2. The number of anilines is 1. The van der Waals surface area contributed by atoms with Crippen LogP contribution >= 0.6 is 0 Å². The number of nitrogens with zero attached hydrogens (tertiary/aromatic N) is 3. The highest BCUT2D eigenvalue weighted by atomic mass is 16.5. The molecule has 0 bridgehead atoms. The molecule has 0 atom stereocenters. The maximum absolute atomic E-state index is 12.2. The summed E-state index contributed by atoms with van der Waals surface area (Å²) in [5, 5.41) is 3.17. The van der Waals surface area contributed by atoms with Crippen LogP contribution in [0.15, 0.2) is 6.33 Å². The highest BCUT2D eigenvalue weighted by Gasteiger charge is 2.24. The Labute approximate surface area is 144 Å². The van der Waals surface area contributed by atoms with Gasteiger partial charge in [-0.3, -0.25) is 4.79 Å². The lowest BCUT2D eigenvalue weighted by molar-refractivity contribution is -0.123. The van der Waals surface area contributed by atoms with E-state index in [1.807, 2.05) is 6.92 Å². The number of aromatic nitrogens is 2. The molecule has 2 aliphatic rings. The van der Waals surface area contributed by atoms with E-state index in [2.05, 4.69) is 27.1 Å². The first-order valence-electron chi connectivity index (χ1n) is 9.03. The minimum absolute atomic E-state index is 0.203. The Hall–Kier alpha value is -1.69. The highest BCUT2D eigenvalue weighted by molar-refractivity contribution is 5.76. The normalized spacial score (nSPS) is 20.2. The largest absolute Gasteiger partial charge is 0.381 e. The van der Waals surface area contributed by atoms with Crippen LogP contribution in [0.2, 0.25) is 0 Å². The van der Waals surface area contributed by atoms with E-state index in [9.17, 15) is 4.79 Å². The maximum Gasteiger partial charge on any atom is 0.220 e. The molecule has 1 aromatic rings. The number of aryl methyl sites for hydroxylation is 1. The van der Waals surface area contributed by atoms with Crippen molar-refractivity contribution in [2.45, 2.75) is 52.0 Å². The number of hydrogen-bond acceptors (Lipinski definition) is 5. The van der Waals surface area contributed by atoms with Crippen molar-refractivity contribution in [3.8, 4) is 0 Å². The zero-order valence-corrected chi connectivity index (χ0v) is 14.8. The molecule has 0 aliphatic carbocycles. The molecule has 0 aromatic carbocycles. The van der Waals surface area contributed by atoms with Gasteiger partial charge in [-0.15, -0.1) is 0 Å². The van der Waals surface area contributed by atoms with Crippen molar-refractivity contribution < 1.29 is 9.53 Å². The average Bonchev–Trinajstić information content (AvgIpc) is 2.59. The third-order valence-electron chi connectivity index (χ3n) is 5.28. The monoisotopic (exact) mass is 332 g/mol. The van der Waals surface area contributed by atoms with Gasteiger partial charge in [-0.1, -0.05) is 0 Å². The fourth-order valence-corrected chi connectivity index (χ4v) is 3.58. The Morgan fingerprint density at radius 3 is 2.62 bits per heavy atom. The Kier molecular flexibility index (Phi) is 5.66. The number of rotatable bonds is 4. The van der Waals surface area contributed by atoms with Crippen molar-refractivity contribution in [1.29, 1.82) is 0 Å². The molecule has 3 rings (SSSR count). The molecule has 2 aliphatic heterocycles. The smallest absolute Gasteiger partial charge is 0.220 e. The van der Waals surface area contributed by atoms with Gasteiger partial charge in [0.05, 0.1) is 0 Å². The summed E-state index contributed by atoms with van der Waals surface area (Å²) in [4.78, 5) is 23.3. The first-order chi connectivity index (χ1) is 11.6. The van der Waals surface area contributed by atoms with Gasteiger partial charge in [0, 0.05) is 50.0 Å². The SMILES string of the molecule is Cc1ncnc(N2CCC(CC(=O)NC3CCOCC3)CC2)c1C. The predicted octanol–water partition coefficient (Wildman–Crippen LogP) is 2.00. The lowest BCUT2D eigenvalue weighted by Crippen LogP contribution is -2.41. The van der Waals surface area contributed by atoms with E-state index in [0.29, 0.717) is 18.4 Å². The second-order valence-electron chi connectivity index (χ2n) is 7.00. The van der Waals surface area contributed by atoms with Gasteiger partial charge in [0.15, 0.2) is 0 Å². The van der Waals surface area contributed by atoms with Crippen molar-refractivity contribution in [1.82, 2.24) is 15.3 Å². The van der Waals surface area contributed by atoms with Crippen LogP contribution in [0, 0.1) is 19.8 Å². The van der Waals surface area contributed by atoms with Gasteiger partial charge in [0.2, 0.25) is 5.91 Å². The van der Waals surface area contributed by atoms with Gasteiger partial charge in [0.25, 0.3) is 0 Å². The van der Waals surface area contributed by atoms with E-state index < -0.39 is 0 Å². The molecule has 0 radical (unpaired) electrons. The van der Waals surface area contributed by atoms with Gasteiger partial charge in [0.1, 0.15) is 12.1 Å². The molecule has 0 unspecified atom stereocenters. The number of carbonyl (C=O) groups excluding carboxylic acids is 1. The fraction of sp³-hybridized carbons (Fsp3) is 0.722. The fourth-order valence-electron chi connectivity index (χ4n) is 3.58. The van der Waals surface area contributed by atoms with Gasteiger partial charge in [-0.05, 0) is 45.4 Å². The minimum Gasteiger partial charge on any atom is -0.381 e. The van der Waals surface area contributed by atoms with E-state index in [0.717, 1.165) is 69.1 Å². The standard InChI is InChI=1S/C18H28N4O2/c1-13-14(2)19-12-20-18(13)22-7-3-15(4-8-22)11-17(23)21-16-5-9-24-10-6-16/h12,15-16H,3-11H2,1-2H3,(H,21,23). The number of ether oxygens (including phenoxy) is 1. The van der Waals surface area contributed by atoms with Crippen LogP contribution in [-0.4, -0.2) is 48.2 Å². The molecule has 2 fully saturated rings. The predicted molar refractivity (Wildman–Crippen MR) is 93.0 cm³/mol. The van der Waals surface area contributed by atoms with Crippen molar-refractivity contribution in [2.24, 2.45) is 5.92 Å². The molecule has 3 heterocycles. The van der Waals surface area contributed by atoms with Crippen LogP contribution < -0.4 is 10.2 Å². The number of amides is 1. The summed E-state index contributed by atoms with van der Waals surface area (Å²) in [5.74, 6) is 1.73. The zero-order valence-electron chi connectivity index (χ0n) is 14.8. The topological polar surface area (TPSA) is 67.4 Å². The molecule has 0 saturated carbocycles. The summed E-state index contributed by atoms with van der Waals surface area (Å²) in [5.41, 5.74) is 2.20. The quantitative estimate of drug-likeness (QED) is 0.913. The van der Waals surface area contributed by atoms with Crippen LogP contribution in [0.1, 0.15) is 43.4 Å². The number of piperidine rings is 1. The summed E-state index contributed by atoms with van der Waals surface area (Å²) in [6.07, 6.45) is 6.26. The first-order valence-corrected chi connectivity index (χ1v) is 9.03. The van der Waals surface area contributed by atoms with Gasteiger partial charge < -0.3 is 15.0 Å². The Morgan fingerprint density at radius 1 is 1.21 bits per heavy atom. The first kappa shape index (κ1) is 17.1. The van der Waals surface area contributed by atoms with Crippen molar-refractivity contribution in [2.75, 3.05) is 31.2 Å². The molecule has 24 heavy (non-hydrogen) atoms. The summed E-state index contributed by atoms with van der Waals surface area (Å²) in [6.45, 7) is 7.56. The third-order valence-corrected chi connectivity index (χ3v) is 5.28. The lowest BCUT2D eigenvalue weighted by atomic mass is 9.92. The summed E-state index contributed by atoms with van der Waals surface area (Å²) >= 11 is 0. The summed E-state index contributed by atoms with van der Waals surface area (Å²) in [6, 6.07) is 0.304. The van der Waals surface area contributed by atoms with Crippen LogP contribution in [0.5, 0.6) is 0 Å². The van der Waals surface area contributed by atoms with Crippen LogP contribution in [0.25, 0.3) is 0 Å². The van der Waals surface area contributed by atoms with Crippen LogP contribution in [0.3, 0.4) is 0 Å². The van der Waals surface area contributed by atoms with Gasteiger partial charge >= 0.3 is 0 Å². The average molecular weight is 332 g/mol. The molecular weight excluding hydrogens is 304 g/mol. The zero-order chi connectivity index (χ0) is 16.9. The highest BCUT2D eigenvalue weighted by Crippen LogP contribution is 2.26. The summed E-state index contributed by atoms with van der Waals surface area (Å²) in [7, 11) is 0. The van der Waals surface area contributed by atoms with E-state index in [4.69, 9.17) is 4.74 Å². The van der Waals surface area contributed by atoms with Gasteiger partial charge in [-0.25, -0.2) is 9.97 Å². The van der Waals surface area contributed by atoms with Crippen molar-refractivity contribution in [3.05, 3.63) is 17.6 Å². The van der Waals surface area contributed by atoms with E-state index in [1.165, 1.54) is 0 Å². The molecule has 1 N–H and O–H groups in total. The Balaban J connectivity index is 1.46. The van der Waals surface area contributed by atoms with E-state index in [1.54, 1.807) is 6.33 Å². The van der Waals surface area contributed by atoms with Gasteiger partial charge in [-0.2, -0.15) is 0 Å². The van der Waals surface area contributed by atoms with Crippen LogP contribution in [-0.2, 0) is 9.53 Å². The summed E-state index contributed by atoms with van der Waals surface area (Å²) < 4.78 is 5.34. The van der Waals surface area contributed by atoms with E-state index in [-0.39, 0.29) is 5.91 Å². The molecular formula is C18H28N4O2. The van der Waals surface area contributed by atoms with Crippen LogP contribution in [0.4, 0.5) is 5.82 Å². The molecule has 6 heteroatoms.